The van der Waals surface area contributed by atoms with Gasteiger partial charge in [-0.2, -0.15) is 5.10 Å². The molecule has 0 aliphatic heterocycles. The first-order valence-electron chi connectivity index (χ1n) is 6.73. The number of anilines is 1. The number of nitrogens with one attached hydrogen (secondary N) is 1. The summed E-state index contributed by atoms with van der Waals surface area (Å²) >= 11 is 0. The third-order valence-electron chi connectivity index (χ3n) is 3.77. The van der Waals surface area contributed by atoms with Crippen LogP contribution >= 0.6 is 0 Å². The van der Waals surface area contributed by atoms with Crippen molar-refractivity contribution in [2.75, 3.05) is 12.3 Å². The van der Waals surface area contributed by atoms with Gasteiger partial charge in [0.05, 0.1) is 5.60 Å². The van der Waals surface area contributed by atoms with Crippen molar-refractivity contribution in [3.63, 3.8) is 0 Å². The smallest absolute Gasteiger partial charge is 0.245 e. The number of hydrogen-bond donors (Lipinski definition) is 3. The second-order valence-electron chi connectivity index (χ2n) is 5.80. The van der Waals surface area contributed by atoms with Crippen LogP contribution in [0.5, 0.6) is 0 Å². The van der Waals surface area contributed by atoms with Gasteiger partial charge in [0.1, 0.15) is 4.90 Å². The molecule has 1 aliphatic rings. The van der Waals surface area contributed by atoms with Crippen molar-refractivity contribution in [2.24, 2.45) is 13.0 Å². The molecule has 20 heavy (non-hydrogen) atoms. The van der Waals surface area contributed by atoms with E-state index >= 15 is 0 Å². The molecule has 2 rings (SSSR count). The number of nitrogens with zero attached hydrogens (tertiary/aromatic N) is 2. The van der Waals surface area contributed by atoms with Gasteiger partial charge < -0.3 is 10.8 Å². The van der Waals surface area contributed by atoms with Gasteiger partial charge in [0.2, 0.25) is 10.0 Å². The maximum Gasteiger partial charge on any atom is 0.245 e. The summed E-state index contributed by atoms with van der Waals surface area (Å²) in [6, 6.07) is 0. The molecule has 4 N–H and O–H groups in total. The number of hydrogen-bond acceptors (Lipinski definition) is 5. The molecule has 0 amide bonds. The molecule has 1 heterocycles. The molecule has 0 spiro atoms. The van der Waals surface area contributed by atoms with Gasteiger partial charge in [0.25, 0.3) is 0 Å². The molecule has 114 valence electrons. The first-order valence-corrected chi connectivity index (χ1v) is 8.21. The molecule has 2 atom stereocenters. The van der Waals surface area contributed by atoms with Crippen molar-refractivity contribution >= 4 is 15.8 Å². The van der Waals surface area contributed by atoms with E-state index in [9.17, 15) is 13.5 Å². The van der Waals surface area contributed by atoms with E-state index in [0.717, 1.165) is 12.8 Å². The van der Waals surface area contributed by atoms with Gasteiger partial charge in [-0.1, -0.05) is 19.8 Å². The average molecular weight is 302 g/mol. The lowest BCUT2D eigenvalue weighted by Gasteiger charge is -2.35. The van der Waals surface area contributed by atoms with Gasteiger partial charge in [-0.15, -0.1) is 0 Å². The maximum absolute atomic E-state index is 12.2. The fourth-order valence-corrected chi connectivity index (χ4v) is 4.01. The standard InChI is InChI=1S/C12H22N4O3S/c1-9-4-3-5-12(17,6-9)8-14-20(18,19)10-7-16(2)15-11(10)13/h7,9,14,17H,3-6,8H2,1-2H3,(H2,13,15). The van der Waals surface area contributed by atoms with Gasteiger partial charge in [-0.25, -0.2) is 13.1 Å². The van der Waals surface area contributed by atoms with Gasteiger partial charge in [-0.05, 0) is 18.8 Å². The summed E-state index contributed by atoms with van der Waals surface area (Å²) < 4.78 is 28.2. The lowest BCUT2D eigenvalue weighted by molar-refractivity contribution is -0.00751. The van der Waals surface area contributed by atoms with Crippen LogP contribution in [0.2, 0.25) is 0 Å². The number of rotatable bonds is 4. The van der Waals surface area contributed by atoms with Crippen LogP contribution in [0.3, 0.4) is 0 Å². The lowest BCUT2D eigenvalue weighted by atomic mass is 9.79. The van der Waals surface area contributed by atoms with Crippen molar-refractivity contribution in [1.82, 2.24) is 14.5 Å². The molecule has 1 aromatic rings. The summed E-state index contributed by atoms with van der Waals surface area (Å²) in [7, 11) is -2.14. The van der Waals surface area contributed by atoms with Crippen molar-refractivity contribution < 1.29 is 13.5 Å². The van der Waals surface area contributed by atoms with E-state index in [1.54, 1.807) is 7.05 Å². The number of aromatic nitrogens is 2. The van der Waals surface area contributed by atoms with Crippen LogP contribution in [-0.2, 0) is 17.1 Å². The zero-order valence-corrected chi connectivity index (χ0v) is 12.7. The maximum atomic E-state index is 12.2. The van der Waals surface area contributed by atoms with Crippen LogP contribution in [0.25, 0.3) is 0 Å². The van der Waals surface area contributed by atoms with Crippen LogP contribution in [0.15, 0.2) is 11.1 Å². The molecule has 0 bridgehead atoms. The second kappa shape index (κ2) is 5.34. The van der Waals surface area contributed by atoms with E-state index < -0.39 is 15.6 Å². The topological polar surface area (TPSA) is 110 Å². The van der Waals surface area contributed by atoms with Gasteiger partial charge in [-0.3, -0.25) is 4.68 Å². The van der Waals surface area contributed by atoms with Crippen LogP contribution < -0.4 is 10.5 Å². The predicted octanol–water partition coefficient (Wildman–Crippen LogP) is 0.222. The molecular formula is C12H22N4O3S. The first-order chi connectivity index (χ1) is 9.22. The first kappa shape index (κ1) is 15.3. The van der Waals surface area contributed by atoms with E-state index in [0.29, 0.717) is 18.8 Å². The highest BCUT2D eigenvalue weighted by atomic mass is 32.2. The Balaban J connectivity index is 2.08. The summed E-state index contributed by atoms with van der Waals surface area (Å²) in [6.07, 6.45) is 4.56. The minimum absolute atomic E-state index is 0.00794. The Morgan fingerprint density at radius 1 is 1.65 bits per heavy atom. The molecule has 0 radical (unpaired) electrons. The number of nitrogens with two attached hydrogens (primary N) is 1. The van der Waals surface area contributed by atoms with Crippen molar-refractivity contribution in [2.45, 2.75) is 43.1 Å². The van der Waals surface area contributed by atoms with E-state index in [1.165, 1.54) is 10.9 Å². The Hall–Kier alpha value is -1.12. The molecule has 7 nitrogen and oxygen atoms in total. The fraction of sp³-hybridized carbons (Fsp3) is 0.750. The molecule has 8 heteroatoms. The highest BCUT2D eigenvalue weighted by molar-refractivity contribution is 7.89. The summed E-state index contributed by atoms with van der Waals surface area (Å²) in [4.78, 5) is -0.0487. The van der Waals surface area contributed by atoms with Gasteiger partial charge >= 0.3 is 0 Å². The number of sulfonamides is 1. The SMILES string of the molecule is CC1CCCC(O)(CNS(=O)(=O)c2cn(C)nc2N)C1. The monoisotopic (exact) mass is 302 g/mol. The Kier molecular flexibility index (Phi) is 4.08. The Morgan fingerprint density at radius 2 is 2.35 bits per heavy atom. The minimum atomic E-state index is -3.74. The molecule has 1 aliphatic carbocycles. The second-order valence-corrected chi connectivity index (χ2v) is 7.54. The quantitative estimate of drug-likeness (QED) is 0.737. The highest BCUT2D eigenvalue weighted by Gasteiger charge is 2.34. The third-order valence-corrected chi connectivity index (χ3v) is 5.19. The van der Waals surface area contributed by atoms with Crippen LogP contribution in [0.1, 0.15) is 32.6 Å². The minimum Gasteiger partial charge on any atom is -0.389 e. The van der Waals surface area contributed by atoms with E-state index in [1.807, 2.05) is 0 Å². The Labute approximate surface area is 119 Å². The molecular weight excluding hydrogens is 280 g/mol. The Morgan fingerprint density at radius 3 is 2.90 bits per heavy atom. The number of aryl methyl sites for hydroxylation is 1. The Bertz CT molecular complexity index is 584. The zero-order valence-electron chi connectivity index (χ0n) is 11.8. The van der Waals surface area contributed by atoms with Crippen LogP contribution in [0, 0.1) is 5.92 Å². The van der Waals surface area contributed by atoms with Crippen molar-refractivity contribution in [3.05, 3.63) is 6.20 Å². The van der Waals surface area contributed by atoms with Crippen LogP contribution in [-0.4, -0.2) is 35.5 Å². The predicted molar refractivity (Wildman–Crippen MR) is 75.4 cm³/mol. The highest BCUT2D eigenvalue weighted by Crippen LogP contribution is 2.32. The van der Waals surface area contributed by atoms with Gasteiger partial charge in [0.15, 0.2) is 5.82 Å². The van der Waals surface area contributed by atoms with Gasteiger partial charge in [0, 0.05) is 19.8 Å². The number of nitrogen functional groups attached to an aromatic ring is 1. The normalized spacial score (nSPS) is 27.6. The lowest BCUT2D eigenvalue weighted by Crippen LogP contribution is -2.45. The largest absolute Gasteiger partial charge is 0.389 e. The molecule has 1 fully saturated rings. The molecule has 1 saturated carbocycles. The average Bonchev–Trinajstić information content (AvgIpc) is 2.67. The van der Waals surface area contributed by atoms with E-state index in [4.69, 9.17) is 5.73 Å². The summed E-state index contributed by atoms with van der Waals surface area (Å²) in [5.41, 5.74) is 4.61. The molecule has 1 aromatic heterocycles. The summed E-state index contributed by atoms with van der Waals surface area (Å²) in [6.45, 7) is 2.08. The molecule has 2 unspecified atom stereocenters. The number of aliphatic hydroxyl groups is 1. The van der Waals surface area contributed by atoms with Crippen LogP contribution in [0.4, 0.5) is 5.82 Å². The van der Waals surface area contributed by atoms with Crippen molar-refractivity contribution in [1.29, 1.82) is 0 Å². The zero-order chi connectivity index (χ0) is 15.0. The third kappa shape index (κ3) is 3.31. The molecule has 0 aromatic carbocycles. The summed E-state index contributed by atoms with van der Waals surface area (Å²) in [5, 5.41) is 14.3. The van der Waals surface area contributed by atoms with E-state index in [-0.39, 0.29) is 17.3 Å². The van der Waals surface area contributed by atoms with E-state index in [2.05, 4.69) is 16.7 Å². The fourth-order valence-electron chi connectivity index (χ4n) is 2.79. The molecule has 0 saturated heterocycles. The summed E-state index contributed by atoms with van der Waals surface area (Å²) in [5.74, 6) is 0.366. The van der Waals surface area contributed by atoms with Crippen molar-refractivity contribution in [3.8, 4) is 0 Å².